The fraction of sp³-hybridized carbons (Fsp3) is 0.261. The van der Waals surface area contributed by atoms with E-state index in [9.17, 15) is 0 Å². The predicted octanol–water partition coefficient (Wildman–Crippen LogP) is 5.09. The van der Waals surface area contributed by atoms with E-state index in [0.717, 1.165) is 22.8 Å². The second-order valence-corrected chi connectivity index (χ2v) is 6.86. The van der Waals surface area contributed by atoms with E-state index in [1.54, 1.807) is 20.5 Å². The first-order valence-corrected chi connectivity index (χ1v) is 10.1. The second-order valence-electron chi connectivity index (χ2n) is 6.48. The second kappa shape index (κ2) is 10.5. The predicted molar refractivity (Wildman–Crippen MR) is 121 cm³/mol. The maximum atomic E-state index is 5.72. The lowest BCUT2D eigenvalue weighted by molar-refractivity contribution is 0.331. The van der Waals surface area contributed by atoms with Gasteiger partial charge in [-0.05, 0) is 61.6 Å². The Balaban J connectivity index is 1.81. The fourth-order valence-corrected chi connectivity index (χ4v) is 3.32. The Morgan fingerprint density at radius 2 is 1.80 bits per heavy atom. The molecule has 0 aliphatic carbocycles. The van der Waals surface area contributed by atoms with Gasteiger partial charge in [0.15, 0.2) is 16.6 Å². The molecule has 0 amide bonds. The molecule has 0 saturated carbocycles. The van der Waals surface area contributed by atoms with Crippen LogP contribution in [0.5, 0.6) is 17.2 Å². The Morgan fingerprint density at radius 3 is 2.43 bits per heavy atom. The van der Waals surface area contributed by atoms with Crippen LogP contribution in [0.3, 0.4) is 0 Å². The van der Waals surface area contributed by atoms with Gasteiger partial charge in [0.1, 0.15) is 11.5 Å². The van der Waals surface area contributed by atoms with E-state index < -0.39 is 0 Å². The van der Waals surface area contributed by atoms with E-state index in [0.29, 0.717) is 36.3 Å². The fourth-order valence-electron chi connectivity index (χ4n) is 3.08. The number of nitrogens with one attached hydrogen (secondary N) is 1. The van der Waals surface area contributed by atoms with E-state index in [1.807, 2.05) is 66.4 Å². The number of rotatable bonds is 9. The van der Waals surface area contributed by atoms with Crippen LogP contribution < -0.4 is 19.5 Å². The number of methoxy groups -OCH3 is 2. The van der Waals surface area contributed by atoms with Crippen LogP contribution in [0.15, 0.2) is 65.3 Å². The Labute approximate surface area is 182 Å². The number of hydrogen-bond acceptors (Lipinski definition) is 5. The Bertz CT molecular complexity index is 942. The zero-order chi connectivity index (χ0) is 21.3. The Hall–Kier alpha value is -3.19. The monoisotopic (exact) mass is 426 g/mol. The summed E-state index contributed by atoms with van der Waals surface area (Å²) < 4.78 is 22.1. The number of ether oxygens (including phenoxy) is 3. The molecule has 1 heterocycles. The SMILES string of the molecule is CCOc1ccc(NC(=S)N(Cc2ccco2)Cc2cccc(OC)c2OC)cc1. The molecule has 0 atom stereocenters. The molecule has 0 bridgehead atoms. The van der Waals surface area contributed by atoms with Crippen LogP contribution in [-0.4, -0.2) is 30.8 Å². The molecule has 0 unspecified atom stereocenters. The molecular weight excluding hydrogens is 400 g/mol. The third kappa shape index (κ3) is 5.45. The number of anilines is 1. The number of furan rings is 1. The molecule has 3 aromatic rings. The minimum absolute atomic E-state index is 0.510. The third-order valence-electron chi connectivity index (χ3n) is 4.48. The number of hydrogen-bond donors (Lipinski definition) is 1. The lowest BCUT2D eigenvalue weighted by atomic mass is 10.1. The highest BCUT2D eigenvalue weighted by atomic mass is 32.1. The average molecular weight is 427 g/mol. The number of nitrogens with zero attached hydrogens (tertiary/aromatic N) is 1. The van der Waals surface area contributed by atoms with E-state index in [4.69, 9.17) is 30.8 Å². The van der Waals surface area contributed by atoms with Crippen LogP contribution in [0.25, 0.3) is 0 Å². The molecule has 0 spiro atoms. The van der Waals surface area contributed by atoms with Gasteiger partial charge in [0.05, 0.1) is 33.6 Å². The van der Waals surface area contributed by atoms with Gasteiger partial charge in [0.2, 0.25) is 0 Å². The summed E-state index contributed by atoms with van der Waals surface area (Å²) in [5.41, 5.74) is 1.84. The quantitative estimate of drug-likeness (QED) is 0.478. The summed E-state index contributed by atoms with van der Waals surface area (Å²) in [6.07, 6.45) is 1.66. The summed E-state index contributed by atoms with van der Waals surface area (Å²) in [6, 6.07) is 17.3. The molecule has 2 aromatic carbocycles. The largest absolute Gasteiger partial charge is 0.494 e. The Kier molecular flexibility index (Phi) is 7.57. The zero-order valence-corrected chi connectivity index (χ0v) is 18.2. The van der Waals surface area contributed by atoms with Crippen molar-refractivity contribution in [1.82, 2.24) is 4.90 Å². The molecule has 0 aliphatic heterocycles. The third-order valence-corrected chi connectivity index (χ3v) is 4.84. The van der Waals surface area contributed by atoms with Crippen molar-refractivity contribution in [2.75, 3.05) is 26.1 Å². The molecule has 6 nitrogen and oxygen atoms in total. The van der Waals surface area contributed by atoms with Gasteiger partial charge in [0, 0.05) is 17.8 Å². The Morgan fingerprint density at radius 1 is 1.00 bits per heavy atom. The molecule has 158 valence electrons. The van der Waals surface area contributed by atoms with Crippen LogP contribution in [0.2, 0.25) is 0 Å². The molecule has 0 fully saturated rings. The van der Waals surface area contributed by atoms with Gasteiger partial charge >= 0.3 is 0 Å². The smallest absolute Gasteiger partial charge is 0.174 e. The molecule has 0 saturated heterocycles. The first-order valence-electron chi connectivity index (χ1n) is 9.65. The lowest BCUT2D eigenvalue weighted by Gasteiger charge is -2.26. The van der Waals surface area contributed by atoms with Crippen molar-refractivity contribution in [2.24, 2.45) is 0 Å². The van der Waals surface area contributed by atoms with Crippen molar-refractivity contribution in [3.8, 4) is 17.2 Å². The van der Waals surface area contributed by atoms with Crippen LogP contribution >= 0.6 is 12.2 Å². The van der Waals surface area contributed by atoms with E-state index >= 15 is 0 Å². The molecule has 0 aliphatic rings. The summed E-state index contributed by atoms with van der Waals surface area (Å²) in [5, 5.41) is 3.87. The molecule has 1 N–H and O–H groups in total. The molecule has 0 radical (unpaired) electrons. The highest BCUT2D eigenvalue weighted by Crippen LogP contribution is 2.32. The van der Waals surface area contributed by atoms with Crippen molar-refractivity contribution in [2.45, 2.75) is 20.0 Å². The van der Waals surface area contributed by atoms with Crippen molar-refractivity contribution >= 4 is 23.0 Å². The van der Waals surface area contributed by atoms with Crippen molar-refractivity contribution < 1.29 is 18.6 Å². The van der Waals surface area contributed by atoms with Crippen LogP contribution in [0.4, 0.5) is 5.69 Å². The zero-order valence-electron chi connectivity index (χ0n) is 17.4. The van der Waals surface area contributed by atoms with Gasteiger partial charge in [-0.2, -0.15) is 0 Å². The van der Waals surface area contributed by atoms with Gasteiger partial charge < -0.3 is 28.8 Å². The summed E-state index contributed by atoms with van der Waals surface area (Å²) >= 11 is 5.72. The molecule has 30 heavy (non-hydrogen) atoms. The van der Waals surface area contributed by atoms with Gasteiger partial charge in [-0.15, -0.1) is 0 Å². The normalized spacial score (nSPS) is 10.4. The van der Waals surface area contributed by atoms with Crippen LogP contribution in [0, 0.1) is 0 Å². The van der Waals surface area contributed by atoms with E-state index in [-0.39, 0.29) is 0 Å². The highest BCUT2D eigenvalue weighted by Gasteiger charge is 2.17. The van der Waals surface area contributed by atoms with Crippen LogP contribution in [-0.2, 0) is 13.1 Å². The maximum Gasteiger partial charge on any atom is 0.174 e. The minimum atomic E-state index is 0.510. The first kappa shape index (κ1) is 21.5. The van der Waals surface area contributed by atoms with Crippen molar-refractivity contribution in [3.63, 3.8) is 0 Å². The average Bonchev–Trinajstić information content (AvgIpc) is 3.27. The molecule has 3 rings (SSSR count). The summed E-state index contributed by atoms with van der Waals surface area (Å²) in [5.74, 6) is 3.00. The molecular formula is C23H26N2O4S. The van der Waals surface area contributed by atoms with Gasteiger partial charge in [0.25, 0.3) is 0 Å². The van der Waals surface area contributed by atoms with Crippen molar-refractivity contribution in [3.05, 3.63) is 72.2 Å². The summed E-state index contributed by atoms with van der Waals surface area (Å²) in [6.45, 7) is 3.62. The standard InChI is InChI=1S/C23H26N2O4S/c1-4-28-19-12-10-18(11-13-19)24-23(30)25(16-20-8-6-14-29-20)15-17-7-5-9-21(26-2)22(17)27-3/h5-14H,4,15-16H2,1-3H3,(H,24,30). The van der Waals surface area contributed by atoms with E-state index in [2.05, 4.69) is 5.32 Å². The highest BCUT2D eigenvalue weighted by molar-refractivity contribution is 7.80. The maximum absolute atomic E-state index is 5.72. The van der Waals surface area contributed by atoms with Gasteiger partial charge in [-0.25, -0.2) is 0 Å². The number of para-hydroxylation sites is 1. The van der Waals surface area contributed by atoms with Gasteiger partial charge in [-0.3, -0.25) is 0 Å². The van der Waals surface area contributed by atoms with Crippen LogP contribution in [0.1, 0.15) is 18.2 Å². The topological polar surface area (TPSA) is 56.1 Å². The summed E-state index contributed by atoms with van der Waals surface area (Å²) in [4.78, 5) is 2.02. The van der Waals surface area contributed by atoms with Gasteiger partial charge in [-0.1, -0.05) is 12.1 Å². The summed E-state index contributed by atoms with van der Waals surface area (Å²) in [7, 11) is 3.26. The number of thiocarbonyl (C=S) groups is 1. The lowest BCUT2D eigenvalue weighted by Crippen LogP contribution is -2.33. The van der Waals surface area contributed by atoms with Crippen molar-refractivity contribution in [1.29, 1.82) is 0 Å². The minimum Gasteiger partial charge on any atom is -0.494 e. The molecule has 7 heteroatoms. The van der Waals surface area contributed by atoms with E-state index in [1.165, 1.54) is 0 Å². The first-order chi connectivity index (χ1) is 14.6. The molecule has 1 aromatic heterocycles. The number of benzene rings is 2.